The second-order valence-electron chi connectivity index (χ2n) is 7.53. The van der Waals surface area contributed by atoms with Gasteiger partial charge in [-0.2, -0.15) is 0 Å². The van der Waals surface area contributed by atoms with E-state index in [1.807, 2.05) is 18.2 Å². The average Bonchev–Trinajstić information content (AvgIpc) is 3.16. The van der Waals surface area contributed by atoms with Gasteiger partial charge in [0.05, 0.1) is 17.3 Å². The van der Waals surface area contributed by atoms with Crippen LogP contribution in [0.4, 0.5) is 8.78 Å². The van der Waals surface area contributed by atoms with Crippen LogP contribution in [0.15, 0.2) is 42.6 Å². The van der Waals surface area contributed by atoms with Crippen LogP contribution in [-0.2, 0) is 15.1 Å². The molecule has 1 amide bonds. The highest BCUT2D eigenvalue weighted by Crippen LogP contribution is 2.42. The maximum atomic E-state index is 13.0. The minimum atomic E-state index is -2.98. The molecule has 1 aromatic heterocycles. The SMILES string of the molecule is CC(F)(F)COc1ccc(C(=O)N2CCC3(c4ccccn4)OCOC3C2)cc1Cl. The largest absolute Gasteiger partial charge is 0.486 e. The Morgan fingerprint density at radius 3 is 2.93 bits per heavy atom. The number of ether oxygens (including phenoxy) is 3. The molecule has 160 valence electrons. The first-order valence-corrected chi connectivity index (χ1v) is 9.93. The first-order valence-electron chi connectivity index (χ1n) is 9.55. The van der Waals surface area contributed by atoms with Crippen LogP contribution in [0.1, 0.15) is 29.4 Å². The second-order valence-corrected chi connectivity index (χ2v) is 7.93. The summed E-state index contributed by atoms with van der Waals surface area (Å²) in [5.74, 6) is -3.10. The highest BCUT2D eigenvalue weighted by molar-refractivity contribution is 6.32. The van der Waals surface area contributed by atoms with Gasteiger partial charge in [0.25, 0.3) is 11.8 Å². The number of amides is 1. The van der Waals surface area contributed by atoms with Crippen molar-refractivity contribution in [1.29, 1.82) is 0 Å². The number of carbonyl (C=O) groups excluding carboxylic acids is 1. The summed E-state index contributed by atoms with van der Waals surface area (Å²) in [6, 6.07) is 10.0. The molecule has 0 aliphatic carbocycles. The number of hydrogen-bond donors (Lipinski definition) is 0. The zero-order valence-corrected chi connectivity index (χ0v) is 17.1. The van der Waals surface area contributed by atoms with Crippen LogP contribution in [0.2, 0.25) is 5.02 Å². The molecule has 0 bridgehead atoms. The number of fused-ring (bicyclic) bond motifs is 1. The molecule has 2 unspecified atom stereocenters. The maximum absolute atomic E-state index is 13.0. The molecule has 3 heterocycles. The van der Waals surface area contributed by atoms with E-state index >= 15 is 0 Å². The van der Waals surface area contributed by atoms with Crippen molar-refractivity contribution in [3.05, 3.63) is 58.9 Å². The lowest BCUT2D eigenvalue weighted by Gasteiger charge is -2.41. The van der Waals surface area contributed by atoms with Crippen LogP contribution < -0.4 is 4.74 Å². The molecule has 0 saturated carbocycles. The summed E-state index contributed by atoms with van der Waals surface area (Å²) in [6.07, 6.45) is 1.91. The lowest BCUT2D eigenvalue weighted by atomic mass is 9.85. The fourth-order valence-electron chi connectivity index (χ4n) is 3.78. The standard InChI is InChI=1S/C21H21ClF2N2O4/c1-20(23,24)12-28-16-6-5-14(10-15(16)22)19(27)26-9-7-21(17-4-2-3-8-25-17)18(11-26)29-13-30-21/h2-6,8,10,18H,7,9,11-13H2,1H3. The maximum Gasteiger partial charge on any atom is 0.278 e. The molecule has 2 aromatic rings. The fraction of sp³-hybridized carbons (Fsp3) is 0.429. The number of alkyl halides is 2. The van der Waals surface area contributed by atoms with Gasteiger partial charge in [0.15, 0.2) is 6.61 Å². The van der Waals surface area contributed by atoms with E-state index in [1.165, 1.54) is 18.2 Å². The third kappa shape index (κ3) is 4.12. The Bertz CT molecular complexity index is 925. The van der Waals surface area contributed by atoms with E-state index in [1.54, 1.807) is 11.1 Å². The van der Waals surface area contributed by atoms with E-state index in [0.717, 1.165) is 12.6 Å². The third-order valence-electron chi connectivity index (χ3n) is 5.29. The van der Waals surface area contributed by atoms with Crippen LogP contribution in [-0.4, -0.2) is 54.3 Å². The zero-order chi connectivity index (χ0) is 21.4. The van der Waals surface area contributed by atoms with Gasteiger partial charge in [-0.05, 0) is 30.3 Å². The van der Waals surface area contributed by atoms with Crippen molar-refractivity contribution in [2.75, 3.05) is 26.5 Å². The molecule has 0 spiro atoms. The number of hydrogen-bond acceptors (Lipinski definition) is 5. The number of nitrogens with zero attached hydrogens (tertiary/aromatic N) is 2. The van der Waals surface area contributed by atoms with Crippen molar-refractivity contribution >= 4 is 17.5 Å². The van der Waals surface area contributed by atoms with E-state index in [9.17, 15) is 13.6 Å². The van der Waals surface area contributed by atoms with Gasteiger partial charge in [-0.1, -0.05) is 17.7 Å². The predicted molar refractivity (Wildman–Crippen MR) is 105 cm³/mol. The lowest BCUT2D eigenvalue weighted by Crippen LogP contribution is -2.53. The van der Waals surface area contributed by atoms with Crippen molar-refractivity contribution in [2.24, 2.45) is 0 Å². The number of piperidine rings is 1. The lowest BCUT2D eigenvalue weighted by molar-refractivity contribution is -0.0470. The number of likely N-dealkylation sites (tertiary alicyclic amines) is 1. The van der Waals surface area contributed by atoms with E-state index in [2.05, 4.69) is 4.98 Å². The molecule has 2 fully saturated rings. The Balaban J connectivity index is 1.47. The van der Waals surface area contributed by atoms with E-state index < -0.39 is 18.1 Å². The minimum absolute atomic E-state index is 0.102. The molecule has 9 heteroatoms. The number of halogens is 3. The predicted octanol–water partition coefficient (Wildman–Crippen LogP) is 3.88. The smallest absolute Gasteiger partial charge is 0.278 e. The summed E-state index contributed by atoms with van der Waals surface area (Å²) in [5, 5.41) is 0.102. The molecular formula is C21H21ClF2N2O4. The zero-order valence-electron chi connectivity index (χ0n) is 16.3. The number of benzene rings is 1. The number of pyridine rings is 1. The van der Waals surface area contributed by atoms with Gasteiger partial charge >= 0.3 is 0 Å². The molecule has 30 heavy (non-hydrogen) atoms. The van der Waals surface area contributed by atoms with Crippen LogP contribution in [0, 0.1) is 0 Å². The van der Waals surface area contributed by atoms with E-state index in [0.29, 0.717) is 25.1 Å². The average molecular weight is 439 g/mol. The van der Waals surface area contributed by atoms with Gasteiger partial charge in [-0.15, -0.1) is 0 Å². The molecule has 6 nitrogen and oxygen atoms in total. The highest BCUT2D eigenvalue weighted by Gasteiger charge is 2.52. The van der Waals surface area contributed by atoms with Gasteiger partial charge in [-0.3, -0.25) is 9.78 Å². The van der Waals surface area contributed by atoms with Crippen molar-refractivity contribution in [1.82, 2.24) is 9.88 Å². The highest BCUT2D eigenvalue weighted by atomic mass is 35.5. The molecule has 0 N–H and O–H groups in total. The van der Waals surface area contributed by atoms with Gasteiger partial charge in [0.2, 0.25) is 0 Å². The molecule has 4 rings (SSSR count). The Morgan fingerprint density at radius 2 is 2.23 bits per heavy atom. The van der Waals surface area contributed by atoms with Crippen LogP contribution >= 0.6 is 11.6 Å². The van der Waals surface area contributed by atoms with Gasteiger partial charge < -0.3 is 19.1 Å². The quantitative estimate of drug-likeness (QED) is 0.709. The Kier molecular flexibility index (Phi) is 5.65. The molecular weight excluding hydrogens is 418 g/mol. The Labute approximate surface area is 177 Å². The van der Waals surface area contributed by atoms with Crippen LogP contribution in [0.5, 0.6) is 5.75 Å². The third-order valence-corrected chi connectivity index (χ3v) is 5.59. The summed E-state index contributed by atoms with van der Waals surface area (Å²) in [7, 11) is 0. The van der Waals surface area contributed by atoms with Crippen molar-refractivity contribution < 1.29 is 27.8 Å². The topological polar surface area (TPSA) is 60.9 Å². The van der Waals surface area contributed by atoms with E-state index in [-0.39, 0.29) is 29.6 Å². The second kappa shape index (κ2) is 8.09. The number of aromatic nitrogens is 1. The molecule has 1 aromatic carbocycles. The molecule has 2 atom stereocenters. The number of rotatable bonds is 5. The van der Waals surface area contributed by atoms with Crippen molar-refractivity contribution in [2.45, 2.75) is 31.0 Å². The van der Waals surface area contributed by atoms with E-state index in [4.69, 9.17) is 25.8 Å². The first kappa shape index (κ1) is 21.0. The Hall–Kier alpha value is -2.29. The van der Waals surface area contributed by atoms with Crippen LogP contribution in [0.25, 0.3) is 0 Å². The van der Waals surface area contributed by atoms with Gasteiger partial charge in [-0.25, -0.2) is 8.78 Å². The molecule has 2 aliphatic heterocycles. The normalized spacial score (nSPS) is 23.9. The summed E-state index contributed by atoms with van der Waals surface area (Å²) in [6.45, 7) is 0.902. The summed E-state index contributed by atoms with van der Waals surface area (Å²) < 4.78 is 42.7. The van der Waals surface area contributed by atoms with Gasteiger partial charge in [0.1, 0.15) is 24.2 Å². The summed E-state index contributed by atoms with van der Waals surface area (Å²) >= 11 is 6.14. The molecule has 2 saturated heterocycles. The monoisotopic (exact) mass is 438 g/mol. The van der Waals surface area contributed by atoms with Crippen molar-refractivity contribution in [3.8, 4) is 5.75 Å². The summed E-state index contributed by atoms with van der Waals surface area (Å²) in [5.41, 5.74) is 0.468. The molecule has 2 aliphatic rings. The minimum Gasteiger partial charge on any atom is -0.486 e. The Morgan fingerprint density at radius 1 is 1.40 bits per heavy atom. The number of carbonyl (C=O) groups is 1. The van der Waals surface area contributed by atoms with Gasteiger partial charge in [0, 0.05) is 31.6 Å². The fourth-order valence-corrected chi connectivity index (χ4v) is 4.01. The molecule has 0 radical (unpaired) electrons. The first-order chi connectivity index (χ1) is 14.3. The van der Waals surface area contributed by atoms with Crippen LogP contribution in [0.3, 0.4) is 0 Å². The van der Waals surface area contributed by atoms with Crippen molar-refractivity contribution in [3.63, 3.8) is 0 Å². The summed E-state index contributed by atoms with van der Waals surface area (Å²) in [4.78, 5) is 19.1.